The first-order valence-electron chi connectivity index (χ1n) is 9.01. The summed E-state index contributed by atoms with van der Waals surface area (Å²) in [7, 11) is 1.58. The first-order chi connectivity index (χ1) is 13.2. The molecule has 1 aliphatic heterocycles. The highest BCUT2D eigenvalue weighted by Crippen LogP contribution is 2.33. The number of anilines is 2. The normalized spacial score (nSPS) is 13.3. The Balaban J connectivity index is 1.67. The number of carbonyl (C=O) groups is 1. The molecule has 2 N–H and O–H groups in total. The molecule has 3 heterocycles. The van der Waals surface area contributed by atoms with Gasteiger partial charge in [0.25, 0.3) is 0 Å². The van der Waals surface area contributed by atoms with Crippen molar-refractivity contribution in [1.82, 2.24) is 9.97 Å². The zero-order valence-electron chi connectivity index (χ0n) is 15.4. The van der Waals surface area contributed by atoms with Crippen LogP contribution in [0.15, 0.2) is 36.4 Å². The van der Waals surface area contributed by atoms with Crippen molar-refractivity contribution in [2.24, 2.45) is 0 Å². The van der Waals surface area contributed by atoms with Crippen LogP contribution in [0.1, 0.15) is 18.2 Å². The van der Waals surface area contributed by atoms with Gasteiger partial charge in [0.15, 0.2) is 5.82 Å². The van der Waals surface area contributed by atoms with Crippen molar-refractivity contribution in [2.75, 3.05) is 30.5 Å². The lowest BCUT2D eigenvalue weighted by Gasteiger charge is -2.29. The number of fused-ring (bicyclic) bond motifs is 3. The van der Waals surface area contributed by atoms with Gasteiger partial charge in [-0.1, -0.05) is 18.2 Å². The third kappa shape index (κ3) is 3.28. The van der Waals surface area contributed by atoms with E-state index >= 15 is 0 Å². The molecule has 7 nitrogen and oxygen atoms in total. The molecule has 7 heteroatoms. The van der Waals surface area contributed by atoms with Crippen LogP contribution in [0.5, 0.6) is 5.88 Å². The van der Waals surface area contributed by atoms with Crippen LogP contribution in [0.4, 0.5) is 16.3 Å². The molecule has 0 fully saturated rings. The Hall–Kier alpha value is -3.22. The highest BCUT2D eigenvalue weighted by Gasteiger charge is 2.24. The summed E-state index contributed by atoms with van der Waals surface area (Å²) >= 11 is 0. The SMILES string of the molecule is CCOC(=O)Nc1ccc(OC)nc1N1CCc2c([nH]c3ccccc23)C1. The molecule has 0 atom stereocenters. The van der Waals surface area contributed by atoms with Crippen LogP contribution in [0.3, 0.4) is 0 Å². The number of para-hydroxylation sites is 1. The quantitative estimate of drug-likeness (QED) is 0.736. The minimum absolute atomic E-state index is 0.312. The van der Waals surface area contributed by atoms with Crippen molar-refractivity contribution in [2.45, 2.75) is 19.9 Å². The number of aromatic amines is 1. The fourth-order valence-electron chi connectivity index (χ4n) is 3.53. The summed E-state index contributed by atoms with van der Waals surface area (Å²) in [5.74, 6) is 1.17. The Morgan fingerprint density at radius 1 is 1.30 bits per heavy atom. The van der Waals surface area contributed by atoms with Crippen molar-refractivity contribution in [3.63, 3.8) is 0 Å². The van der Waals surface area contributed by atoms with Crippen LogP contribution < -0.4 is 15.0 Å². The van der Waals surface area contributed by atoms with Gasteiger partial charge in [-0.05, 0) is 31.0 Å². The van der Waals surface area contributed by atoms with Gasteiger partial charge < -0.3 is 19.4 Å². The van der Waals surface area contributed by atoms with Crippen molar-refractivity contribution in [3.05, 3.63) is 47.7 Å². The Bertz CT molecular complexity index is 983. The van der Waals surface area contributed by atoms with E-state index in [-0.39, 0.29) is 0 Å². The number of benzene rings is 1. The molecule has 0 bridgehead atoms. The van der Waals surface area contributed by atoms with Gasteiger partial charge in [-0.3, -0.25) is 5.32 Å². The number of rotatable bonds is 4. The van der Waals surface area contributed by atoms with Crippen LogP contribution >= 0.6 is 0 Å². The molecule has 0 spiro atoms. The maximum Gasteiger partial charge on any atom is 0.411 e. The molecule has 1 aromatic carbocycles. The number of ether oxygens (including phenoxy) is 2. The molecule has 27 heavy (non-hydrogen) atoms. The maximum atomic E-state index is 11.9. The number of amides is 1. The Labute approximate surface area is 157 Å². The fourth-order valence-corrected chi connectivity index (χ4v) is 3.53. The molecule has 0 unspecified atom stereocenters. The zero-order chi connectivity index (χ0) is 18.8. The number of hydrogen-bond acceptors (Lipinski definition) is 5. The van der Waals surface area contributed by atoms with E-state index in [1.54, 1.807) is 26.2 Å². The minimum atomic E-state index is -0.492. The molecule has 0 saturated heterocycles. The van der Waals surface area contributed by atoms with Crippen molar-refractivity contribution < 1.29 is 14.3 Å². The van der Waals surface area contributed by atoms with Gasteiger partial charge in [0.05, 0.1) is 25.9 Å². The molecule has 3 aromatic rings. The second-order valence-electron chi connectivity index (χ2n) is 6.37. The smallest absolute Gasteiger partial charge is 0.411 e. The number of nitrogens with zero attached hydrogens (tertiary/aromatic N) is 2. The summed E-state index contributed by atoms with van der Waals surface area (Å²) in [5.41, 5.74) is 4.28. The summed E-state index contributed by atoms with van der Waals surface area (Å²) in [6.45, 7) is 3.57. The van der Waals surface area contributed by atoms with E-state index in [9.17, 15) is 4.79 Å². The third-order valence-electron chi connectivity index (χ3n) is 4.75. The van der Waals surface area contributed by atoms with Gasteiger partial charge in [-0.15, -0.1) is 0 Å². The van der Waals surface area contributed by atoms with Crippen LogP contribution in [0.2, 0.25) is 0 Å². The number of pyridine rings is 1. The van der Waals surface area contributed by atoms with Crippen LogP contribution in [0.25, 0.3) is 10.9 Å². The first-order valence-corrected chi connectivity index (χ1v) is 9.01. The molecule has 2 aromatic heterocycles. The summed E-state index contributed by atoms with van der Waals surface area (Å²) < 4.78 is 10.3. The standard InChI is InChI=1S/C20H22N4O3/c1-3-27-20(25)22-16-8-9-18(26-2)23-19(16)24-11-10-14-13-6-4-5-7-15(13)21-17(14)12-24/h4-9,21H,3,10-12H2,1-2H3,(H,22,25). The number of H-pyrrole nitrogens is 1. The minimum Gasteiger partial charge on any atom is -0.481 e. The van der Waals surface area contributed by atoms with Crippen molar-refractivity contribution in [3.8, 4) is 5.88 Å². The number of hydrogen-bond donors (Lipinski definition) is 2. The van der Waals surface area contributed by atoms with Crippen LogP contribution in [-0.4, -0.2) is 36.3 Å². The second kappa shape index (κ2) is 7.19. The first kappa shape index (κ1) is 17.2. The van der Waals surface area contributed by atoms with E-state index in [1.807, 2.05) is 6.07 Å². The molecule has 0 radical (unpaired) electrons. The molecule has 140 valence electrons. The van der Waals surface area contributed by atoms with Crippen LogP contribution in [-0.2, 0) is 17.7 Å². The van der Waals surface area contributed by atoms with Crippen LogP contribution in [0, 0.1) is 0 Å². The third-order valence-corrected chi connectivity index (χ3v) is 4.75. The number of methoxy groups -OCH3 is 1. The molecule has 4 rings (SSSR count). The average molecular weight is 366 g/mol. The predicted molar refractivity (Wildman–Crippen MR) is 104 cm³/mol. The van der Waals surface area contributed by atoms with Gasteiger partial charge in [-0.25, -0.2) is 4.79 Å². The van der Waals surface area contributed by atoms with Gasteiger partial charge in [0.1, 0.15) is 0 Å². The highest BCUT2D eigenvalue weighted by atomic mass is 16.5. The largest absolute Gasteiger partial charge is 0.481 e. The lowest BCUT2D eigenvalue weighted by Crippen LogP contribution is -2.32. The van der Waals surface area contributed by atoms with E-state index in [1.165, 1.54) is 16.6 Å². The van der Waals surface area contributed by atoms with Crippen molar-refractivity contribution in [1.29, 1.82) is 0 Å². The molecular formula is C20H22N4O3. The average Bonchev–Trinajstić information content (AvgIpc) is 3.06. The topological polar surface area (TPSA) is 79.5 Å². The summed E-state index contributed by atoms with van der Waals surface area (Å²) in [6.07, 6.45) is 0.408. The second-order valence-corrected chi connectivity index (χ2v) is 6.37. The van der Waals surface area contributed by atoms with Gasteiger partial charge in [-0.2, -0.15) is 4.98 Å². The van der Waals surface area contributed by atoms with Gasteiger partial charge in [0.2, 0.25) is 5.88 Å². The Morgan fingerprint density at radius 3 is 2.96 bits per heavy atom. The molecule has 0 saturated carbocycles. The summed E-state index contributed by atoms with van der Waals surface area (Å²) in [5, 5.41) is 4.05. The predicted octanol–water partition coefficient (Wildman–Crippen LogP) is 3.70. The summed E-state index contributed by atoms with van der Waals surface area (Å²) in [6, 6.07) is 11.9. The van der Waals surface area contributed by atoms with E-state index < -0.39 is 6.09 Å². The Morgan fingerprint density at radius 2 is 2.15 bits per heavy atom. The highest BCUT2D eigenvalue weighted by molar-refractivity contribution is 5.89. The molecule has 1 amide bonds. The number of carbonyl (C=O) groups excluding carboxylic acids is 1. The van der Waals surface area contributed by atoms with Crippen molar-refractivity contribution >= 4 is 28.5 Å². The van der Waals surface area contributed by atoms with E-state index in [0.717, 1.165) is 18.5 Å². The fraction of sp³-hybridized carbons (Fsp3) is 0.300. The number of aromatic nitrogens is 2. The van der Waals surface area contributed by atoms with E-state index in [0.29, 0.717) is 30.5 Å². The molecular weight excluding hydrogens is 344 g/mol. The molecule has 0 aliphatic carbocycles. The number of nitrogens with one attached hydrogen (secondary N) is 2. The van der Waals surface area contributed by atoms with Gasteiger partial charge >= 0.3 is 6.09 Å². The Kier molecular flexibility index (Phi) is 4.58. The molecule has 1 aliphatic rings. The monoisotopic (exact) mass is 366 g/mol. The van der Waals surface area contributed by atoms with E-state index in [2.05, 4.69) is 38.4 Å². The van der Waals surface area contributed by atoms with E-state index in [4.69, 9.17) is 9.47 Å². The lowest BCUT2D eigenvalue weighted by atomic mass is 10.0. The zero-order valence-corrected chi connectivity index (χ0v) is 15.4. The van der Waals surface area contributed by atoms with Gasteiger partial charge in [0, 0.05) is 29.2 Å². The lowest BCUT2D eigenvalue weighted by molar-refractivity contribution is 0.168. The maximum absolute atomic E-state index is 11.9. The summed E-state index contributed by atoms with van der Waals surface area (Å²) in [4.78, 5) is 22.1.